The SMILES string of the molecule is CC(CNC(C)(C)Cc1ccc(Oc2ccc(C(N)=O)cn2)cc1)COc1cccc2[nH]ccc12. The highest BCUT2D eigenvalue weighted by molar-refractivity contribution is 5.92. The van der Waals surface area contributed by atoms with Gasteiger partial charge in [0.1, 0.15) is 11.5 Å². The fraction of sp³-hybridized carbons (Fsp3) is 0.286. The lowest BCUT2D eigenvalue weighted by molar-refractivity contribution is 0.1000. The molecule has 1 atom stereocenters. The molecule has 0 spiro atoms. The Balaban J connectivity index is 1.25. The van der Waals surface area contributed by atoms with Crippen molar-refractivity contribution in [2.45, 2.75) is 32.7 Å². The van der Waals surface area contributed by atoms with Crippen molar-refractivity contribution < 1.29 is 14.3 Å². The molecule has 7 nitrogen and oxygen atoms in total. The zero-order valence-corrected chi connectivity index (χ0v) is 20.4. The molecule has 1 amide bonds. The van der Waals surface area contributed by atoms with Gasteiger partial charge in [-0.2, -0.15) is 0 Å². The highest BCUT2D eigenvalue weighted by Gasteiger charge is 2.19. The molecule has 0 aliphatic heterocycles. The minimum atomic E-state index is -0.513. The van der Waals surface area contributed by atoms with E-state index in [1.54, 1.807) is 12.1 Å². The van der Waals surface area contributed by atoms with Crippen LogP contribution in [0, 0.1) is 5.92 Å². The lowest BCUT2D eigenvalue weighted by atomic mass is 9.94. The quantitative estimate of drug-likeness (QED) is 0.283. The highest BCUT2D eigenvalue weighted by atomic mass is 16.5. The molecule has 0 saturated heterocycles. The summed E-state index contributed by atoms with van der Waals surface area (Å²) in [5.74, 6) is 1.85. The van der Waals surface area contributed by atoms with Crippen LogP contribution in [0.2, 0.25) is 0 Å². The number of aromatic nitrogens is 2. The Labute approximate surface area is 205 Å². The number of amides is 1. The van der Waals surface area contributed by atoms with Gasteiger partial charge in [-0.05, 0) is 62.2 Å². The summed E-state index contributed by atoms with van der Waals surface area (Å²) in [7, 11) is 0. The number of nitrogens with two attached hydrogens (primary N) is 1. The van der Waals surface area contributed by atoms with Crippen molar-refractivity contribution in [3.8, 4) is 17.4 Å². The Kier molecular flexibility index (Phi) is 7.36. The minimum Gasteiger partial charge on any atom is -0.493 e. The lowest BCUT2D eigenvalue weighted by Crippen LogP contribution is -2.44. The predicted octanol–water partition coefficient (Wildman–Crippen LogP) is 5.08. The molecule has 0 aliphatic carbocycles. The summed E-state index contributed by atoms with van der Waals surface area (Å²) < 4.78 is 11.9. The molecule has 182 valence electrons. The van der Waals surface area contributed by atoms with Gasteiger partial charge in [0, 0.05) is 47.4 Å². The first-order chi connectivity index (χ1) is 16.8. The molecule has 1 unspecified atom stereocenters. The van der Waals surface area contributed by atoms with Crippen LogP contribution >= 0.6 is 0 Å². The first-order valence-electron chi connectivity index (χ1n) is 11.8. The fourth-order valence-corrected chi connectivity index (χ4v) is 3.88. The molecule has 0 saturated carbocycles. The van der Waals surface area contributed by atoms with Gasteiger partial charge < -0.3 is 25.5 Å². The van der Waals surface area contributed by atoms with E-state index in [0.29, 0.717) is 29.7 Å². The number of ether oxygens (including phenoxy) is 2. The number of nitrogens with one attached hydrogen (secondary N) is 2. The molecule has 2 heterocycles. The average Bonchev–Trinajstić information content (AvgIpc) is 3.32. The van der Waals surface area contributed by atoms with E-state index in [1.165, 1.54) is 11.8 Å². The smallest absolute Gasteiger partial charge is 0.250 e. The number of carbonyl (C=O) groups excluding carboxylic acids is 1. The lowest BCUT2D eigenvalue weighted by Gasteiger charge is -2.28. The van der Waals surface area contributed by atoms with E-state index in [2.05, 4.69) is 48.2 Å². The van der Waals surface area contributed by atoms with Crippen molar-refractivity contribution in [2.75, 3.05) is 13.2 Å². The third-order valence-corrected chi connectivity index (χ3v) is 5.82. The van der Waals surface area contributed by atoms with E-state index in [1.807, 2.05) is 42.6 Å². The third-order valence-electron chi connectivity index (χ3n) is 5.82. The summed E-state index contributed by atoms with van der Waals surface area (Å²) in [6.07, 6.45) is 4.21. The molecule has 4 rings (SSSR count). The summed E-state index contributed by atoms with van der Waals surface area (Å²) in [4.78, 5) is 18.5. The number of benzene rings is 2. The zero-order chi connectivity index (χ0) is 24.8. The number of hydrogen-bond donors (Lipinski definition) is 3. The van der Waals surface area contributed by atoms with Crippen molar-refractivity contribution >= 4 is 16.8 Å². The first kappa shape index (κ1) is 24.3. The maximum Gasteiger partial charge on any atom is 0.250 e. The van der Waals surface area contributed by atoms with Gasteiger partial charge in [0.05, 0.1) is 12.2 Å². The second-order valence-electron chi connectivity index (χ2n) is 9.55. The number of pyridine rings is 1. The van der Waals surface area contributed by atoms with E-state index in [-0.39, 0.29) is 5.54 Å². The van der Waals surface area contributed by atoms with Crippen molar-refractivity contribution in [2.24, 2.45) is 11.7 Å². The molecule has 4 aromatic rings. The van der Waals surface area contributed by atoms with E-state index in [9.17, 15) is 4.79 Å². The first-order valence-corrected chi connectivity index (χ1v) is 11.8. The fourth-order valence-electron chi connectivity index (χ4n) is 3.88. The number of hydrogen-bond acceptors (Lipinski definition) is 5. The van der Waals surface area contributed by atoms with Crippen LogP contribution in [0.4, 0.5) is 0 Å². The van der Waals surface area contributed by atoms with Crippen LogP contribution in [0.1, 0.15) is 36.7 Å². The van der Waals surface area contributed by atoms with Crippen LogP contribution in [-0.4, -0.2) is 34.6 Å². The van der Waals surface area contributed by atoms with Crippen LogP contribution in [0.25, 0.3) is 10.9 Å². The Morgan fingerprint density at radius 1 is 1.11 bits per heavy atom. The number of aromatic amines is 1. The Morgan fingerprint density at radius 3 is 2.63 bits per heavy atom. The molecule has 0 fully saturated rings. The predicted molar refractivity (Wildman–Crippen MR) is 138 cm³/mol. The van der Waals surface area contributed by atoms with Crippen molar-refractivity contribution in [1.82, 2.24) is 15.3 Å². The van der Waals surface area contributed by atoms with Gasteiger partial charge in [-0.1, -0.05) is 25.1 Å². The topological polar surface area (TPSA) is 102 Å². The van der Waals surface area contributed by atoms with Crippen LogP contribution in [-0.2, 0) is 6.42 Å². The number of H-pyrrole nitrogens is 1. The van der Waals surface area contributed by atoms with Gasteiger partial charge in [-0.3, -0.25) is 4.79 Å². The maximum atomic E-state index is 11.2. The Hall–Kier alpha value is -3.84. The van der Waals surface area contributed by atoms with Crippen molar-refractivity contribution in [1.29, 1.82) is 0 Å². The second kappa shape index (κ2) is 10.6. The summed E-state index contributed by atoms with van der Waals surface area (Å²) >= 11 is 0. The van der Waals surface area contributed by atoms with Crippen LogP contribution in [0.15, 0.2) is 73.1 Å². The molecule has 4 N–H and O–H groups in total. The normalized spacial score (nSPS) is 12.4. The Morgan fingerprint density at radius 2 is 1.91 bits per heavy atom. The van der Waals surface area contributed by atoms with Gasteiger partial charge in [0.25, 0.3) is 0 Å². The second-order valence-corrected chi connectivity index (χ2v) is 9.55. The van der Waals surface area contributed by atoms with E-state index < -0.39 is 5.91 Å². The molecule has 2 aromatic carbocycles. The third kappa shape index (κ3) is 6.61. The van der Waals surface area contributed by atoms with Crippen molar-refractivity contribution in [3.63, 3.8) is 0 Å². The van der Waals surface area contributed by atoms with Gasteiger partial charge in [-0.25, -0.2) is 4.98 Å². The average molecular weight is 473 g/mol. The summed E-state index contributed by atoms with van der Waals surface area (Å²) in [5.41, 5.74) is 7.80. The summed E-state index contributed by atoms with van der Waals surface area (Å²) in [5, 5.41) is 4.79. The minimum absolute atomic E-state index is 0.0799. The highest BCUT2D eigenvalue weighted by Crippen LogP contribution is 2.25. The maximum absolute atomic E-state index is 11.2. The number of primary amides is 1. The standard InChI is InChI=1S/C28H32N4O3/c1-19(18-34-25-6-4-5-24-23(25)13-14-30-24)16-32-28(2,3)15-20-7-10-22(11-8-20)35-26-12-9-21(17-31-26)27(29)33/h4-14,17,19,30,32H,15-16,18H2,1-3H3,(H2,29,33). The van der Waals surface area contributed by atoms with E-state index >= 15 is 0 Å². The molecule has 0 radical (unpaired) electrons. The monoisotopic (exact) mass is 472 g/mol. The van der Waals surface area contributed by atoms with Crippen molar-refractivity contribution in [3.05, 3.63) is 84.2 Å². The number of rotatable bonds is 11. The Bertz CT molecular complexity index is 1260. The van der Waals surface area contributed by atoms with Crippen LogP contribution < -0.4 is 20.5 Å². The summed E-state index contributed by atoms with van der Waals surface area (Å²) in [6, 6.07) is 19.3. The van der Waals surface area contributed by atoms with E-state index in [0.717, 1.165) is 29.6 Å². The number of carbonyl (C=O) groups is 1. The van der Waals surface area contributed by atoms with Crippen LogP contribution in [0.3, 0.4) is 0 Å². The zero-order valence-electron chi connectivity index (χ0n) is 20.4. The molecular formula is C28H32N4O3. The summed E-state index contributed by atoms with van der Waals surface area (Å²) in [6.45, 7) is 8.10. The van der Waals surface area contributed by atoms with Crippen LogP contribution in [0.5, 0.6) is 17.4 Å². The molecule has 0 aliphatic rings. The molecule has 7 heteroatoms. The number of nitrogens with zero attached hydrogens (tertiary/aromatic N) is 1. The van der Waals surface area contributed by atoms with Gasteiger partial charge in [0.2, 0.25) is 11.8 Å². The molecular weight excluding hydrogens is 440 g/mol. The number of fused-ring (bicyclic) bond motifs is 1. The molecule has 2 aromatic heterocycles. The van der Waals surface area contributed by atoms with E-state index in [4.69, 9.17) is 15.2 Å². The largest absolute Gasteiger partial charge is 0.493 e. The molecule has 35 heavy (non-hydrogen) atoms. The molecule has 0 bridgehead atoms. The van der Waals surface area contributed by atoms with Gasteiger partial charge in [-0.15, -0.1) is 0 Å². The van der Waals surface area contributed by atoms with Gasteiger partial charge in [0.15, 0.2) is 0 Å². The van der Waals surface area contributed by atoms with Gasteiger partial charge >= 0.3 is 0 Å².